The molecule has 2 nitrogen and oxygen atoms in total. The molecular weight excluding hydrogens is 155 g/mol. The minimum Gasteiger partial charge on any atom is -0.772 e. The second-order valence-corrected chi connectivity index (χ2v) is 2.83. The molecule has 0 saturated carbocycles. The molecule has 0 N–H and O–H groups in total. The summed E-state index contributed by atoms with van der Waals surface area (Å²) in [5.74, 6) is 0.112. The van der Waals surface area contributed by atoms with Gasteiger partial charge in [-0.1, -0.05) is 41.4 Å². The van der Waals surface area contributed by atoms with E-state index >= 15 is 0 Å². The van der Waals surface area contributed by atoms with Crippen LogP contribution in [0.2, 0.25) is 0 Å². The van der Waals surface area contributed by atoms with E-state index in [-0.39, 0.29) is 24.6 Å². The molecule has 0 aliphatic rings. The molecule has 4 heteroatoms. The van der Waals surface area contributed by atoms with E-state index in [1.807, 2.05) is 18.2 Å². The first-order valence-electron chi connectivity index (χ1n) is 2.89. The Morgan fingerprint density at radius 3 is 2.27 bits per heavy atom. The quantitative estimate of drug-likeness (QED) is 0.375. The maximum atomic E-state index is 10.2. The van der Waals surface area contributed by atoms with Crippen LogP contribution in [-0.4, -0.2) is 8.76 Å². The summed E-state index contributed by atoms with van der Waals surface area (Å²) in [5, 5.41) is 0. The van der Waals surface area contributed by atoms with Crippen LogP contribution in [0.25, 0.3) is 0 Å². The van der Waals surface area contributed by atoms with Gasteiger partial charge >= 0.3 is 18.9 Å². The van der Waals surface area contributed by atoms with Crippen LogP contribution >= 0.6 is 0 Å². The van der Waals surface area contributed by atoms with Crippen molar-refractivity contribution in [1.29, 1.82) is 0 Å². The fourth-order valence-electron chi connectivity index (χ4n) is 0.710. The number of benzene rings is 1. The predicted molar refractivity (Wildman–Crippen MR) is 39.1 cm³/mol. The van der Waals surface area contributed by atoms with E-state index in [1.54, 1.807) is 12.1 Å². The molecule has 11 heavy (non-hydrogen) atoms. The van der Waals surface area contributed by atoms with Crippen LogP contribution in [0.15, 0.2) is 30.3 Å². The molecule has 0 bridgehead atoms. The van der Waals surface area contributed by atoms with Crippen LogP contribution in [-0.2, 0) is 16.8 Å². The number of hydrogen-bond donors (Lipinski definition) is 0. The summed E-state index contributed by atoms with van der Waals surface area (Å²) in [6.45, 7) is 0. The third-order valence-electron chi connectivity index (χ3n) is 1.13. The van der Waals surface area contributed by atoms with Gasteiger partial charge in [-0.05, 0) is 5.56 Å². The molecule has 0 saturated heterocycles. The zero-order chi connectivity index (χ0) is 7.40. The average molecular weight is 162 g/mol. The molecule has 1 aromatic carbocycles. The van der Waals surface area contributed by atoms with Crippen molar-refractivity contribution in [3.8, 4) is 0 Å². The molecule has 54 valence electrons. The van der Waals surface area contributed by atoms with Crippen molar-refractivity contribution in [2.24, 2.45) is 0 Å². The topological polar surface area (TPSA) is 40.1 Å². The summed E-state index contributed by atoms with van der Waals surface area (Å²) < 4.78 is 20.3. The van der Waals surface area contributed by atoms with E-state index < -0.39 is 11.1 Å². The van der Waals surface area contributed by atoms with Crippen LogP contribution in [0.4, 0.5) is 0 Å². The normalized spacial score (nSPS) is 11.7. The Kier molecular flexibility index (Phi) is 5.52. The van der Waals surface area contributed by atoms with Gasteiger partial charge in [0, 0.05) is 5.75 Å². The van der Waals surface area contributed by atoms with E-state index in [0.29, 0.717) is 0 Å². The molecule has 0 aliphatic heterocycles. The van der Waals surface area contributed by atoms with E-state index in [4.69, 9.17) is 0 Å². The molecule has 1 aromatic rings. The van der Waals surface area contributed by atoms with Gasteiger partial charge in [0.1, 0.15) is 0 Å². The van der Waals surface area contributed by atoms with Crippen LogP contribution in [0, 0.1) is 0 Å². The summed E-state index contributed by atoms with van der Waals surface area (Å²) in [6, 6.07) is 9.08. The molecule has 0 aliphatic carbocycles. The minimum atomic E-state index is -1.97. The van der Waals surface area contributed by atoms with Crippen LogP contribution in [0.3, 0.4) is 0 Å². The van der Waals surface area contributed by atoms with Crippen molar-refractivity contribution in [3.63, 3.8) is 0 Å². The standard InChI is InChI=1S/C7H8O2S.Li/c8-10(9)6-7-4-2-1-3-5-7;/h1-5H,6H2,(H,8,9);/q;+1/p-1. The first kappa shape index (κ1) is 10.9. The predicted octanol–water partition coefficient (Wildman–Crippen LogP) is -1.93. The zero-order valence-corrected chi connectivity index (χ0v) is 7.14. The minimum absolute atomic E-state index is 0. The molecule has 0 heterocycles. The molecular formula is C7H7LiO2S. The summed E-state index contributed by atoms with van der Waals surface area (Å²) in [7, 11) is 0. The maximum absolute atomic E-state index is 10.2. The van der Waals surface area contributed by atoms with Crippen molar-refractivity contribution >= 4 is 11.1 Å². The Morgan fingerprint density at radius 1 is 1.27 bits per heavy atom. The largest absolute Gasteiger partial charge is 1.00 e. The van der Waals surface area contributed by atoms with E-state index in [0.717, 1.165) is 5.56 Å². The van der Waals surface area contributed by atoms with Gasteiger partial charge in [0.15, 0.2) is 0 Å². The fraction of sp³-hybridized carbons (Fsp3) is 0.143. The molecule has 0 fully saturated rings. The molecule has 0 aromatic heterocycles. The Bertz CT molecular complexity index is 225. The van der Waals surface area contributed by atoms with Gasteiger partial charge in [-0.25, -0.2) is 0 Å². The van der Waals surface area contributed by atoms with Gasteiger partial charge in [0.05, 0.1) is 0 Å². The first-order chi connectivity index (χ1) is 4.79. The van der Waals surface area contributed by atoms with E-state index in [9.17, 15) is 8.76 Å². The monoisotopic (exact) mass is 162 g/mol. The second kappa shape index (κ2) is 5.56. The Morgan fingerprint density at radius 2 is 1.82 bits per heavy atom. The van der Waals surface area contributed by atoms with Gasteiger partial charge in [-0.2, -0.15) is 0 Å². The van der Waals surface area contributed by atoms with Crippen molar-refractivity contribution < 1.29 is 27.6 Å². The smallest absolute Gasteiger partial charge is 0.772 e. The Labute approximate surface area is 80.5 Å². The molecule has 1 unspecified atom stereocenters. The number of hydrogen-bond acceptors (Lipinski definition) is 2. The van der Waals surface area contributed by atoms with Gasteiger partial charge in [0.25, 0.3) is 0 Å². The van der Waals surface area contributed by atoms with Crippen LogP contribution in [0.1, 0.15) is 5.56 Å². The molecule has 0 amide bonds. The van der Waals surface area contributed by atoms with Crippen molar-refractivity contribution in [2.45, 2.75) is 5.75 Å². The van der Waals surface area contributed by atoms with Crippen molar-refractivity contribution in [3.05, 3.63) is 35.9 Å². The van der Waals surface area contributed by atoms with Crippen LogP contribution in [0.5, 0.6) is 0 Å². The number of rotatable bonds is 2. The van der Waals surface area contributed by atoms with Gasteiger partial charge in [0.2, 0.25) is 0 Å². The molecule has 0 spiro atoms. The van der Waals surface area contributed by atoms with Crippen LogP contribution < -0.4 is 18.9 Å². The molecule has 1 rings (SSSR count). The third kappa shape index (κ3) is 4.39. The zero-order valence-electron chi connectivity index (χ0n) is 6.32. The SMILES string of the molecule is O=S([O-])Cc1ccccc1.[Li+]. The van der Waals surface area contributed by atoms with Crippen molar-refractivity contribution in [1.82, 2.24) is 0 Å². The fourth-order valence-corrected chi connectivity index (χ4v) is 1.17. The summed E-state index contributed by atoms with van der Waals surface area (Å²) >= 11 is -1.97. The van der Waals surface area contributed by atoms with Gasteiger partial charge in [-0.15, -0.1) is 0 Å². The second-order valence-electron chi connectivity index (χ2n) is 1.93. The molecule has 0 radical (unpaired) electrons. The Balaban J connectivity index is 0.000001000. The maximum Gasteiger partial charge on any atom is 1.00 e. The summed E-state index contributed by atoms with van der Waals surface area (Å²) in [5.41, 5.74) is 0.829. The summed E-state index contributed by atoms with van der Waals surface area (Å²) in [6.07, 6.45) is 0. The van der Waals surface area contributed by atoms with E-state index in [1.165, 1.54) is 0 Å². The first-order valence-corrected chi connectivity index (χ1v) is 4.13. The van der Waals surface area contributed by atoms with Gasteiger partial charge < -0.3 is 4.55 Å². The third-order valence-corrected chi connectivity index (χ3v) is 1.70. The summed E-state index contributed by atoms with van der Waals surface area (Å²) in [4.78, 5) is 0. The molecule has 1 atom stereocenters. The van der Waals surface area contributed by atoms with Crippen molar-refractivity contribution in [2.75, 3.05) is 0 Å². The van der Waals surface area contributed by atoms with E-state index in [2.05, 4.69) is 0 Å². The Hall–Kier alpha value is -0.0726. The average Bonchev–Trinajstić information content (AvgIpc) is 1.88. The van der Waals surface area contributed by atoms with Gasteiger partial charge in [-0.3, -0.25) is 4.21 Å².